The van der Waals surface area contributed by atoms with E-state index in [-0.39, 0.29) is 6.04 Å². The second-order valence-corrected chi connectivity index (χ2v) is 5.60. The number of hydroxylamine groups is 1. The predicted molar refractivity (Wildman–Crippen MR) is 81.9 cm³/mol. The van der Waals surface area contributed by atoms with Crippen LogP contribution in [0.4, 0.5) is 0 Å². The van der Waals surface area contributed by atoms with Gasteiger partial charge in [-0.05, 0) is 30.2 Å². The molecular formula is C15H15BrClNO. The smallest absolute Gasteiger partial charge is 0.0933 e. The van der Waals surface area contributed by atoms with Crippen LogP contribution in [-0.2, 0) is 11.4 Å². The van der Waals surface area contributed by atoms with Crippen LogP contribution >= 0.6 is 27.5 Å². The Kier molecular flexibility index (Phi) is 5.40. The summed E-state index contributed by atoms with van der Waals surface area (Å²) >= 11 is 9.59. The van der Waals surface area contributed by atoms with Gasteiger partial charge in [-0.25, -0.2) is 0 Å². The summed E-state index contributed by atoms with van der Waals surface area (Å²) in [7, 11) is 0. The third kappa shape index (κ3) is 4.32. The highest BCUT2D eigenvalue weighted by Crippen LogP contribution is 2.26. The molecule has 100 valence electrons. The van der Waals surface area contributed by atoms with Crippen molar-refractivity contribution in [2.24, 2.45) is 0 Å². The van der Waals surface area contributed by atoms with Gasteiger partial charge in [-0.2, -0.15) is 5.48 Å². The van der Waals surface area contributed by atoms with E-state index < -0.39 is 0 Å². The average Bonchev–Trinajstić information content (AvgIpc) is 2.39. The first-order valence-electron chi connectivity index (χ1n) is 6.03. The molecule has 2 rings (SSSR count). The Morgan fingerprint density at radius 1 is 1.21 bits per heavy atom. The van der Waals surface area contributed by atoms with Gasteiger partial charge in [0.15, 0.2) is 0 Å². The molecule has 2 nitrogen and oxygen atoms in total. The number of rotatable bonds is 5. The molecule has 19 heavy (non-hydrogen) atoms. The van der Waals surface area contributed by atoms with E-state index in [1.807, 2.05) is 55.5 Å². The molecule has 1 N–H and O–H groups in total. The minimum Gasteiger partial charge on any atom is -0.296 e. The first-order chi connectivity index (χ1) is 9.16. The van der Waals surface area contributed by atoms with Crippen LogP contribution < -0.4 is 5.48 Å². The van der Waals surface area contributed by atoms with Gasteiger partial charge in [0.25, 0.3) is 0 Å². The van der Waals surface area contributed by atoms with Crippen LogP contribution in [0.15, 0.2) is 53.0 Å². The van der Waals surface area contributed by atoms with Gasteiger partial charge in [-0.15, -0.1) is 0 Å². The van der Waals surface area contributed by atoms with Crippen LogP contribution in [0.5, 0.6) is 0 Å². The van der Waals surface area contributed by atoms with Crippen LogP contribution in [0.3, 0.4) is 0 Å². The maximum atomic E-state index is 6.19. The van der Waals surface area contributed by atoms with Crippen molar-refractivity contribution in [1.82, 2.24) is 5.48 Å². The van der Waals surface area contributed by atoms with Gasteiger partial charge >= 0.3 is 0 Å². The molecule has 0 amide bonds. The molecule has 0 saturated heterocycles. The van der Waals surface area contributed by atoms with E-state index in [9.17, 15) is 0 Å². The number of hydrogen-bond acceptors (Lipinski definition) is 2. The summed E-state index contributed by atoms with van der Waals surface area (Å²) in [5.74, 6) is 0. The van der Waals surface area contributed by atoms with E-state index in [0.29, 0.717) is 6.61 Å². The number of nitrogens with one attached hydrogen (secondary N) is 1. The van der Waals surface area contributed by atoms with Crippen LogP contribution in [0.1, 0.15) is 24.1 Å². The summed E-state index contributed by atoms with van der Waals surface area (Å²) in [6.07, 6.45) is 0. The highest BCUT2D eigenvalue weighted by molar-refractivity contribution is 9.10. The topological polar surface area (TPSA) is 21.3 Å². The van der Waals surface area contributed by atoms with E-state index in [1.54, 1.807) is 0 Å². The normalized spacial score (nSPS) is 12.4. The Bertz CT molecular complexity index is 533. The molecule has 0 aliphatic rings. The molecule has 0 aliphatic heterocycles. The molecule has 0 saturated carbocycles. The van der Waals surface area contributed by atoms with E-state index >= 15 is 0 Å². The van der Waals surface area contributed by atoms with Crippen LogP contribution in [0.25, 0.3) is 0 Å². The Morgan fingerprint density at radius 2 is 1.95 bits per heavy atom. The molecule has 4 heteroatoms. The molecule has 0 spiro atoms. The van der Waals surface area contributed by atoms with Crippen LogP contribution in [0.2, 0.25) is 5.02 Å². The molecule has 0 radical (unpaired) electrons. The Labute approximate surface area is 126 Å². The van der Waals surface area contributed by atoms with Crippen molar-refractivity contribution in [3.05, 3.63) is 69.2 Å². The lowest BCUT2D eigenvalue weighted by atomic mass is 10.1. The third-order valence-corrected chi connectivity index (χ3v) is 3.59. The molecule has 2 aromatic rings. The van der Waals surface area contributed by atoms with E-state index in [1.165, 1.54) is 0 Å². The maximum absolute atomic E-state index is 6.19. The zero-order valence-electron chi connectivity index (χ0n) is 10.6. The second kappa shape index (κ2) is 7.06. The van der Waals surface area contributed by atoms with Gasteiger partial charge in [-0.3, -0.25) is 4.84 Å². The van der Waals surface area contributed by atoms with Crippen molar-refractivity contribution in [2.75, 3.05) is 0 Å². The number of halogens is 2. The van der Waals surface area contributed by atoms with Gasteiger partial charge in [0, 0.05) is 9.50 Å². The van der Waals surface area contributed by atoms with Crippen molar-refractivity contribution in [3.63, 3.8) is 0 Å². The van der Waals surface area contributed by atoms with Crippen molar-refractivity contribution in [1.29, 1.82) is 0 Å². The molecule has 0 aromatic heterocycles. The summed E-state index contributed by atoms with van der Waals surface area (Å²) < 4.78 is 0.971. The van der Waals surface area contributed by atoms with E-state index in [4.69, 9.17) is 16.4 Å². The summed E-state index contributed by atoms with van der Waals surface area (Å²) in [4.78, 5) is 5.50. The fourth-order valence-corrected chi connectivity index (χ4v) is 2.58. The molecule has 0 bridgehead atoms. The van der Waals surface area contributed by atoms with Gasteiger partial charge in [0.05, 0.1) is 12.6 Å². The lowest BCUT2D eigenvalue weighted by Gasteiger charge is -2.15. The second-order valence-electron chi connectivity index (χ2n) is 4.28. The highest BCUT2D eigenvalue weighted by Gasteiger charge is 2.09. The molecule has 2 aromatic carbocycles. The Balaban J connectivity index is 1.89. The van der Waals surface area contributed by atoms with Gasteiger partial charge in [0.1, 0.15) is 0 Å². The average molecular weight is 341 g/mol. The summed E-state index contributed by atoms with van der Waals surface area (Å²) in [6.45, 7) is 2.54. The highest BCUT2D eigenvalue weighted by atomic mass is 79.9. The fraction of sp³-hybridized carbons (Fsp3) is 0.200. The van der Waals surface area contributed by atoms with E-state index in [0.717, 1.165) is 20.6 Å². The van der Waals surface area contributed by atoms with E-state index in [2.05, 4.69) is 21.4 Å². The zero-order valence-corrected chi connectivity index (χ0v) is 12.9. The molecule has 1 unspecified atom stereocenters. The monoisotopic (exact) mass is 339 g/mol. The van der Waals surface area contributed by atoms with Gasteiger partial charge in [-0.1, -0.05) is 63.9 Å². The first kappa shape index (κ1) is 14.5. The van der Waals surface area contributed by atoms with Crippen molar-refractivity contribution in [3.8, 4) is 0 Å². The molecular weight excluding hydrogens is 326 g/mol. The SMILES string of the molecule is CC(NOCc1ccccc1)c1ccc(Br)cc1Cl. The van der Waals surface area contributed by atoms with Crippen molar-refractivity contribution >= 4 is 27.5 Å². The molecule has 1 atom stereocenters. The molecule has 0 aliphatic carbocycles. The Hall–Kier alpha value is -0.870. The molecule has 0 fully saturated rings. The van der Waals surface area contributed by atoms with Crippen LogP contribution in [-0.4, -0.2) is 0 Å². The van der Waals surface area contributed by atoms with Gasteiger partial charge in [0.2, 0.25) is 0 Å². The number of benzene rings is 2. The minimum atomic E-state index is 0.0318. The standard InChI is InChI=1S/C15H15BrClNO/c1-11(14-8-7-13(16)9-15(14)17)18-19-10-12-5-3-2-4-6-12/h2-9,11,18H,10H2,1H3. The minimum absolute atomic E-state index is 0.0318. The lowest BCUT2D eigenvalue weighted by molar-refractivity contribution is 0.00700. The number of hydrogen-bond donors (Lipinski definition) is 1. The lowest BCUT2D eigenvalue weighted by Crippen LogP contribution is -2.19. The largest absolute Gasteiger partial charge is 0.296 e. The summed E-state index contributed by atoms with van der Waals surface area (Å²) in [6, 6.07) is 15.9. The maximum Gasteiger partial charge on any atom is 0.0933 e. The van der Waals surface area contributed by atoms with Crippen molar-refractivity contribution < 1.29 is 4.84 Å². The fourth-order valence-electron chi connectivity index (χ4n) is 1.74. The Morgan fingerprint density at radius 3 is 2.63 bits per heavy atom. The zero-order chi connectivity index (χ0) is 13.7. The van der Waals surface area contributed by atoms with Crippen molar-refractivity contribution in [2.45, 2.75) is 19.6 Å². The van der Waals surface area contributed by atoms with Gasteiger partial charge < -0.3 is 0 Å². The summed E-state index contributed by atoms with van der Waals surface area (Å²) in [5.41, 5.74) is 5.15. The summed E-state index contributed by atoms with van der Waals surface area (Å²) in [5, 5.41) is 0.720. The first-order valence-corrected chi connectivity index (χ1v) is 7.20. The van der Waals surface area contributed by atoms with Crippen LogP contribution in [0, 0.1) is 0 Å². The quantitative estimate of drug-likeness (QED) is 0.783. The molecule has 0 heterocycles. The third-order valence-electron chi connectivity index (χ3n) is 2.77. The predicted octanol–water partition coefficient (Wildman–Crippen LogP) is 4.88.